The van der Waals surface area contributed by atoms with Gasteiger partial charge in [0.2, 0.25) is 0 Å². The molecular weight excluding hydrogens is 134 g/mol. The van der Waals surface area contributed by atoms with Crippen LogP contribution in [0.2, 0.25) is 0 Å². The molecular formula is C7H8ClN. The van der Waals surface area contributed by atoms with Gasteiger partial charge in [0.05, 0.1) is 6.07 Å². The van der Waals surface area contributed by atoms with Crippen LogP contribution in [0.4, 0.5) is 0 Å². The molecule has 0 aromatic carbocycles. The summed E-state index contributed by atoms with van der Waals surface area (Å²) in [6.07, 6.45) is 5.18. The molecule has 0 unspecified atom stereocenters. The zero-order chi connectivity index (χ0) is 7.11. The molecule has 0 aromatic heterocycles. The Balaban J connectivity index is 3.90. The zero-order valence-corrected chi connectivity index (χ0v) is 6.02. The van der Waals surface area contributed by atoms with Crippen molar-refractivity contribution in [3.63, 3.8) is 0 Å². The van der Waals surface area contributed by atoms with E-state index < -0.39 is 0 Å². The Kier molecular flexibility index (Phi) is 4.95. The Hall–Kier alpha value is -0.740. The van der Waals surface area contributed by atoms with E-state index in [1.807, 2.05) is 13.0 Å². The predicted molar refractivity (Wildman–Crippen MR) is 39.2 cm³/mol. The fraction of sp³-hybridized carbons (Fsp3) is 0.286. The molecule has 0 saturated heterocycles. The molecule has 0 N–H and O–H groups in total. The maximum absolute atomic E-state index is 8.34. The van der Waals surface area contributed by atoms with Crippen LogP contribution in [-0.4, -0.2) is 5.88 Å². The molecule has 0 rings (SSSR count). The van der Waals surface area contributed by atoms with E-state index in [-0.39, 0.29) is 0 Å². The van der Waals surface area contributed by atoms with Gasteiger partial charge in [0, 0.05) is 11.5 Å². The quantitative estimate of drug-likeness (QED) is 0.329. The lowest BCUT2D eigenvalue weighted by atomic mass is 10.2. The summed E-state index contributed by atoms with van der Waals surface area (Å²) in [6, 6.07) is 2.00. The van der Waals surface area contributed by atoms with Crippen LogP contribution >= 0.6 is 11.6 Å². The first-order valence-electron chi connectivity index (χ1n) is 2.64. The van der Waals surface area contributed by atoms with E-state index in [1.54, 1.807) is 18.2 Å². The van der Waals surface area contributed by atoms with E-state index in [0.29, 0.717) is 11.5 Å². The summed E-state index contributed by atoms with van der Waals surface area (Å²) >= 11 is 5.34. The Labute approximate surface area is 60.2 Å². The van der Waals surface area contributed by atoms with Gasteiger partial charge in [-0.3, -0.25) is 0 Å². The topological polar surface area (TPSA) is 23.8 Å². The summed E-state index contributed by atoms with van der Waals surface area (Å²) in [7, 11) is 0. The second-order valence-electron chi connectivity index (χ2n) is 1.41. The molecule has 0 aliphatic rings. The minimum atomic E-state index is 0.457. The molecule has 0 amide bonds. The van der Waals surface area contributed by atoms with Gasteiger partial charge in [-0.05, 0) is 13.0 Å². The number of hydrogen-bond donors (Lipinski definition) is 0. The highest BCUT2D eigenvalue weighted by molar-refractivity contribution is 6.18. The third kappa shape index (κ3) is 3.81. The van der Waals surface area contributed by atoms with Crippen molar-refractivity contribution in [3.8, 4) is 6.07 Å². The molecule has 0 fully saturated rings. The summed E-state index contributed by atoms with van der Waals surface area (Å²) in [5.41, 5.74) is 0.649. The van der Waals surface area contributed by atoms with E-state index in [4.69, 9.17) is 16.9 Å². The SMILES string of the molecule is C/C=C(C#N)/C=C/CCl. The molecule has 0 aromatic rings. The normalized spacial score (nSPS) is 11.9. The van der Waals surface area contributed by atoms with Crippen molar-refractivity contribution in [1.82, 2.24) is 0 Å². The molecule has 0 bridgehead atoms. The summed E-state index contributed by atoms with van der Waals surface area (Å²) < 4.78 is 0. The third-order valence-corrected chi connectivity index (χ3v) is 1.00. The first-order valence-corrected chi connectivity index (χ1v) is 3.17. The molecule has 0 aliphatic heterocycles. The maximum Gasteiger partial charge on any atom is 0.0987 e. The average Bonchev–Trinajstić information content (AvgIpc) is 1.91. The molecule has 0 atom stereocenters. The lowest BCUT2D eigenvalue weighted by Gasteiger charge is -1.80. The number of rotatable bonds is 2. The van der Waals surface area contributed by atoms with Crippen molar-refractivity contribution >= 4 is 11.6 Å². The summed E-state index contributed by atoms with van der Waals surface area (Å²) in [6.45, 7) is 1.82. The van der Waals surface area contributed by atoms with Crippen LogP contribution in [0.25, 0.3) is 0 Å². The zero-order valence-electron chi connectivity index (χ0n) is 5.26. The number of halogens is 1. The number of allylic oxidation sites excluding steroid dienone is 4. The Morgan fingerprint density at radius 2 is 2.44 bits per heavy atom. The van der Waals surface area contributed by atoms with E-state index in [9.17, 15) is 0 Å². The molecule has 9 heavy (non-hydrogen) atoms. The van der Waals surface area contributed by atoms with Gasteiger partial charge in [-0.1, -0.05) is 12.2 Å². The Morgan fingerprint density at radius 3 is 2.78 bits per heavy atom. The monoisotopic (exact) mass is 141 g/mol. The Morgan fingerprint density at radius 1 is 1.78 bits per heavy atom. The number of nitriles is 1. The van der Waals surface area contributed by atoms with Crippen molar-refractivity contribution in [3.05, 3.63) is 23.8 Å². The van der Waals surface area contributed by atoms with Crippen LogP contribution < -0.4 is 0 Å². The molecule has 0 radical (unpaired) electrons. The minimum absolute atomic E-state index is 0.457. The van der Waals surface area contributed by atoms with Crippen LogP contribution in [0.15, 0.2) is 23.8 Å². The molecule has 0 spiro atoms. The summed E-state index contributed by atoms with van der Waals surface area (Å²) in [4.78, 5) is 0. The van der Waals surface area contributed by atoms with Crippen LogP contribution in [-0.2, 0) is 0 Å². The van der Waals surface area contributed by atoms with E-state index in [1.165, 1.54) is 0 Å². The van der Waals surface area contributed by atoms with Crippen molar-refractivity contribution in [2.45, 2.75) is 6.92 Å². The second kappa shape index (κ2) is 5.40. The van der Waals surface area contributed by atoms with Gasteiger partial charge in [-0.15, -0.1) is 11.6 Å². The molecule has 0 saturated carbocycles. The lowest BCUT2D eigenvalue weighted by Crippen LogP contribution is -1.68. The first-order chi connectivity index (χ1) is 4.35. The molecule has 1 nitrogen and oxygen atoms in total. The predicted octanol–water partition coefficient (Wildman–Crippen LogP) is 2.25. The van der Waals surface area contributed by atoms with E-state index >= 15 is 0 Å². The number of nitrogens with zero attached hydrogens (tertiary/aromatic N) is 1. The van der Waals surface area contributed by atoms with Gasteiger partial charge < -0.3 is 0 Å². The fourth-order valence-electron chi connectivity index (χ4n) is 0.370. The average molecular weight is 142 g/mol. The highest BCUT2D eigenvalue weighted by Gasteiger charge is 1.81. The van der Waals surface area contributed by atoms with Crippen molar-refractivity contribution in [2.75, 3.05) is 5.88 Å². The van der Waals surface area contributed by atoms with Gasteiger partial charge >= 0.3 is 0 Å². The summed E-state index contributed by atoms with van der Waals surface area (Å²) in [5.74, 6) is 0.457. The van der Waals surface area contributed by atoms with Gasteiger partial charge in [-0.2, -0.15) is 5.26 Å². The van der Waals surface area contributed by atoms with Crippen molar-refractivity contribution < 1.29 is 0 Å². The van der Waals surface area contributed by atoms with Crippen molar-refractivity contribution in [1.29, 1.82) is 5.26 Å². The highest BCUT2D eigenvalue weighted by atomic mass is 35.5. The van der Waals surface area contributed by atoms with E-state index in [2.05, 4.69) is 0 Å². The van der Waals surface area contributed by atoms with Crippen LogP contribution in [0.5, 0.6) is 0 Å². The van der Waals surface area contributed by atoms with Crippen LogP contribution in [0.3, 0.4) is 0 Å². The largest absolute Gasteiger partial charge is 0.192 e. The molecule has 2 heteroatoms. The first kappa shape index (κ1) is 8.26. The molecule has 48 valence electrons. The lowest BCUT2D eigenvalue weighted by molar-refractivity contribution is 1.48. The number of alkyl halides is 1. The third-order valence-electron chi connectivity index (χ3n) is 0.827. The van der Waals surface area contributed by atoms with Crippen molar-refractivity contribution in [2.24, 2.45) is 0 Å². The second-order valence-corrected chi connectivity index (χ2v) is 1.72. The molecule has 0 heterocycles. The van der Waals surface area contributed by atoms with Crippen LogP contribution in [0.1, 0.15) is 6.92 Å². The molecule has 0 aliphatic carbocycles. The smallest absolute Gasteiger partial charge is 0.0987 e. The Bertz CT molecular complexity index is 162. The van der Waals surface area contributed by atoms with Gasteiger partial charge in [0.25, 0.3) is 0 Å². The van der Waals surface area contributed by atoms with Crippen LogP contribution in [0, 0.1) is 11.3 Å². The highest BCUT2D eigenvalue weighted by Crippen LogP contribution is 1.93. The number of hydrogen-bond acceptors (Lipinski definition) is 1. The van der Waals surface area contributed by atoms with Gasteiger partial charge in [0.1, 0.15) is 0 Å². The minimum Gasteiger partial charge on any atom is -0.192 e. The van der Waals surface area contributed by atoms with Gasteiger partial charge in [0.15, 0.2) is 0 Å². The van der Waals surface area contributed by atoms with Gasteiger partial charge in [-0.25, -0.2) is 0 Å². The standard InChI is InChI=1S/C7H8ClN/c1-2-7(6-9)4-3-5-8/h2-4H,5H2,1H3/b4-3+,7-2-. The van der Waals surface area contributed by atoms with E-state index in [0.717, 1.165) is 0 Å². The maximum atomic E-state index is 8.34. The summed E-state index contributed by atoms with van der Waals surface area (Å²) in [5, 5.41) is 8.34. The fourth-order valence-corrected chi connectivity index (χ4v) is 0.459.